The van der Waals surface area contributed by atoms with Gasteiger partial charge in [0, 0.05) is 37.6 Å². The van der Waals surface area contributed by atoms with E-state index in [-0.39, 0.29) is 15.5 Å². The monoisotopic (exact) mass is 496 g/mol. The molecule has 0 spiro atoms. The minimum absolute atomic E-state index is 0.103. The second-order valence-electron chi connectivity index (χ2n) is 8.41. The lowest BCUT2D eigenvalue weighted by Crippen LogP contribution is -2.32. The van der Waals surface area contributed by atoms with Gasteiger partial charge in [0.2, 0.25) is 0 Å². The first kappa shape index (κ1) is 24.1. The SMILES string of the molecule is COC(=O)c1c(S(=O)(=O)N2CCCCCC2)sc2c1CCN(Cc1ccc(F)c(OC)c1)C2. The Balaban J connectivity index is 1.63. The average molecular weight is 497 g/mol. The Labute approximate surface area is 198 Å². The minimum Gasteiger partial charge on any atom is -0.494 e. The van der Waals surface area contributed by atoms with Gasteiger partial charge in [-0.15, -0.1) is 11.3 Å². The van der Waals surface area contributed by atoms with Crippen LogP contribution in [0.15, 0.2) is 22.4 Å². The average Bonchev–Trinajstić information content (AvgIpc) is 2.98. The fourth-order valence-electron chi connectivity index (χ4n) is 4.52. The molecule has 0 bridgehead atoms. The number of hydrogen-bond acceptors (Lipinski definition) is 7. The lowest BCUT2D eigenvalue weighted by molar-refractivity contribution is 0.0595. The van der Waals surface area contributed by atoms with Crippen LogP contribution in [0.3, 0.4) is 0 Å². The van der Waals surface area contributed by atoms with Gasteiger partial charge in [-0.3, -0.25) is 4.90 Å². The van der Waals surface area contributed by atoms with Crippen molar-refractivity contribution in [1.82, 2.24) is 9.21 Å². The number of nitrogens with zero attached hydrogens (tertiary/aromatic N) is 2. The number of halogens is 1. The molecule has 4 rings (SSSR count). The van der Waals surface area contributed by atoms with Gasteiger partial charge >= 0.3 is 5.97 Å². The van der Waals surface area contributed by atoms with Crippen LogP contribution < -0.4 is 4.74 Å². The van der Waals surface area contributed by atoms with E-state index < -0.39 is 21.8 Å². The highest BCUT2D eigenvalue weighted by atomic mass is 32.2. The second-order valence-corrected chi connectivity index (χ2v) is 11.6. The maximum absolute atomic E-state index is 13.8. The Kier molecular flexibility index (Phi) is 7.37. The van der Waals surface area contributed by atoms with E-state index >= 15 is 0 Å². The topological polar surface area (TPSA) is 76.2 Å². The van der Waals surface area contributed by atoms with Crippen molar-refractivity contribution in [2.24, 2.45) is 0 Å². The molecule has 2 aliphatic heterocycles. The Morgan fingerprint density at radius 1 is 1.12 bits per heavy atom. The Bertz CT molecular complexity index is 1120. The number of hydrogen-bond donors (Lipinski definition) is 0. The van der Waals surface area contributed by atoms with Gasteiger partial charge in [-0.25, -0.2) is 17.6 Å². The summed E-state index contributed by atoms with van der Waals surface area (Å²) in [5, 5.41) is 0. The van der Waals surface area contributed by atoms with Crippen molar-refractivity contribution in [1.29, 1.82) is 0 Å². The molecule has 0 radical (unpaired) electrons. The van der Waals surface area contributed by atoms with Crippen molar-refractivity contribution in [3.8, 4) is 5.75 Å². The summed E-state index contributed by atoms with van der Waals surface area (Å²) in [6.07, 6.45) is 4.23. The highest BCUT2D eigenvalue weighted by Gasteiger charge is 2.37. The molecule has 1 aromatic heterocycles. The Hall–Kier alpha value is -2.01. The van der Waals surface area contributed by atoms with Crippen LogP contribution in [0.4, 0.5) is 4.39 Å². The van der Waals surface area contributed by atoms with E-state index in [4.69, 9.17) is 9.47 Å². The molecular weight excluding hydrogens is 467 g/mol. The van der Waals surface area contributed by atoms with Crippen molar-refractivity contribution in [3.05, 3.63) is 45.6 Å². The third-order valence-corrected chi connectivity index (χ3v) is 9.87. The largest absolute Gasteiger partial charge is 0.494 e. The number of methoxy groups -OCH3 is 2. The zero-order valence-corrected chi connectivity index (χ0v) is 20.6. The van der Waals surface area contributed by atoms with Crippen molar-refractivity contribution >= 4 is 27.3 Å². The lowest BCUT2D eigenvalue weighted by Gasteiger charge is -2.27. The number of rotatable bonds is 6. The molecule has 0 amide bonds. The molecule has 10 heteroatoms. The van der Waals surface area contributed by atoms with E-state index in [9.17, 15) is 17.6 Å². The second kappa shape index (κ2) is 10.1. The lowest BCUT2D eigenvalue weighted by atomic mass is 10.0. The standard InChI is InChI=1S/C23H29FN2O5S2/c1-30-19-13-16(7-8-18(19)24)14-25-12-9-17-20(15-25)32-23(21(17)22(27)31-2)33(28,29)26-10-5-3-4-6-11-26/h7-8,13H,3-6,9-12,14-15H2,1-2H3. The number of thiophene rings is 1. The third kappa shape index (κ3) is 4.94. The van der Waals surface area contributed by atoms with Crippen LogP contribution in [-0.2, 0) is 34.3 Å². The molecule has 2 aliphatic rings. The molecule has 1 fully saturated rings. The normalized spacial score (nSPS) is 17.9. The number of benzene rings is 1. The van der Waals surface area contributed by atoms with Crippen LogP contribution >= 0.6 is 11.3 Å². The van der Waals surface area contributed by atoms with E-state index in [1.807, 2.05) is 0 Å². The first-order valence-electron chi connectivity index (χ1n) is 11.1. The first-order chi connectivity index (χ1) is 15.8. The number of sulfonamides is 1. The van der Waals surface area contributed by atoms with Gasteiger partial charge in [-0.05, 0) is 42.5 Å². The van der Waals surface area contributed by atoms with Crippen LogP contribution in [0, 0.1) is 5.82 Å². The van der Waals surface area contributed by atoms with Gasteiger partial charge in [-0.1, -0.05) is 18.9 Å². The first-order valence-corrected chi connectivity index (χ1v) is 13.4. The molecular formula is C23H29FN2O5S2. The van der Waals surface area contributed by atoms with Crippen molar-refractivity contribution in [3.63, 3.8) is 0 Å². The van der Waals surface area contributed by atoms with Crippen LogP contribution in [0.25, 0.3) is 0 Å². The van der Waals surface area contributed by atoms with Crippen molar-refractivity contribution in [2.45, 2.75) is 49.4 Å². The molecule has 33 heavy (non-hydrogen) atoms. The summed E-state index contributed by atoms with van der Waals surface area (Å²) in [4.78, 5) is 15.7. The Morgan fingerprint density at radius 2 is 1.85 bits per heavy atom. The Morgan fingerprint density at radius 3 is 2.52 bits per heavy atom. The predicted octanol–water partition coefficient (Wildman–Crippen LogP) is 3.81. The molecule has 3 heterocycles. The molecule has 7 nitrogen and oxygen atoms in total. The van der Waals surface area contributed by atoms with Crippen LogP contribution in [0.1, 0.15) is 52.0 Å². The molecule has 0 aliphatic carbocycles. The number of fused-ring (bicyclic) bond motifs is 1. The number of ether oxygens (including phenoxy) is 2. The summed E-state index contributed by atoms with van der Waals surface area (Å²) in [6.45, 7) is 2.68. The van der Waals surface area contributed by atoms with E-state index in [1.165, 1.54) is 35.9 Å². The van der Waals surface area contributed by atoms with Crippen LogP contribution in [0.5, 0.6) is 5.75 Å². The molecule has 0 unspecified atom stereocenters. The fraction of sp³-hybridized carbons (Fsp3) is 0.522. The highest BCUT2D eigenvalue weighted by Crippen LogP contribution is 2.39. The zero-order chi connectivity index (χ0) is 23.6. The van der Waals surface area contributed by atoms with Crippen molar-refractivity contribution < 1.29 is 27.1 Å². The quantitative estimate of drug-likeness (QED) is 0.566. The minimum atomic E-state index is -3.78. The van der Waals surface area contributed by atoms with E-state index in [2.05, 4.69) is 4.90 Å². The van der Waals surface area contributed by atoms with E-state index in [0.717, 1.165) is 41.7 Å². The van der Waals surface area contributed by atoms with Crippen LogP contribution in [-0.4, -0.2) is 57.4 Å². The molecule has 0 N–H and O–H groups in total. The fourth-order valence-corrected chi connectivity index (χ4v) is 8.10. The third-order valence-electron chi connectivity index (χ3n) is 6.25. The molecule has 0 atom stereocenters. The van der Waals surface area contributed by atoms with E-state index in [1.54, 1.807) is 12.1 Å². The van der Waals surface area contributed by atoms with Gasteiger partial charge in [0.15, 0.2) is 11.6 Å². The summed E-state index contributed by atoms with van der Waals surface area (Å²) in [6, 6.07) is 4.78. The van der Waals surface area contributed by atoms with Gasteiger partial charge in [0.1, 0.15) is 4.21 Å². The summed E-state index contributed by atoms with van der Waals surface area (Å²) < 4.78 is 52.5. The molecule has 0 saturated carbocycles. The number of esters is 1. The molecule has 1 saturated heterocycles. The summed E-state index contributed by atoms with van der Waals surface area (Å²) in [7, 11) is -1.07. The number of carbonyl (C=O) groups excluding carboxylic acids is 1. The van der Waals surface area contributed by atoms with Gasteiger partial charge in [-0.2, -0.15) is 4.31 Å². The van der Waals surface area contributed by atoms with Gasteiger partial charge < -0.3 is 9.47 Å². The summed E-state index contributed by atoms with van der Waals surface area (Å²) in [5.41, 5.74) is 1.87. The molecule has 180 valence electrons. The van der Waals surface area contributed by atoms with Gasteiger partial charge in [0.25, 0.3) is 10.0 Å². The van der Waals surface area contributed by atoms with Crippen molar-refractivity contribution in [2.75, 3.05) is 33.9 Å². The zero-order valence-electron chi connectivity index (χ0n) is 18.9. The van der Waals surface area contributed by atoms with Crippen LogP contribution in [0.2, 0.25) is 0 Å². The summed E-state index contributed by atoms with van der Waals surface area (Å²) >= 11 is 1.18. The maximum atomic E-state index is 13.8. The molecule has 1 aromatic carbocycles. The summed E-state index contributed by atoms with van der Waals surface area (Å²) in [5.74, 6) is -0.815. The number of carbonyl (C=O) groups is 1. The smallest absolute Gasteiger partial charge is 0.340 e. The molecule has 2 aromatic rings. The highest BCUT2D eigenvalue weighted by molar-refractivity contribution is 7.91. The maximum Gasteiger partial charge on any atom is 0.340 e. The van der Waals surface area contributed by atoms with E-state index in [0.29, 0.717) is 39.1 Å². The van der Waals surface area contributed by atoms with Gasteiger partial charge in [0.05, 0.1) is 19.8 Å². The predicted molar refractivity (Wildman–Crippen MR) is 124 cm³/mol.